The van der Waals surface area contributed by atoms with E-state index in [1.54, 1.807) is 5.82 Å². The topological polar surface area (TPSA) is 38.7 Å². The summed E-state index contributed by atoms with van der Waals surface area (Å²) in [6, 6.07) is 10.2. The molecule has 3 atom stereocenters. The Morgan fingerprint density at radius 3 is 2.82 bits per heavy atom. The molecule has 17 heavy (non-hydrogen) atoms. The number of hydrogen-bond donors (Lipinski definition) is 1. The number of hydrogen-bond acceptors (Lipinski definition) is 3. The fourth-order valence-corrected chi connectivity index (χ4v) is 2.41. The third-order valence-electron chi connectivity index (χ3n) is 2.84. The summed E-state index contributed by atoms with van der Waals surface area (Å²) < 4.78 is 10.7. The molecule has 1 aliphatic rings. The minimum atomic E-state index is -1.42. The second-order valence-electron chi connectivity index (χ2n) is 3.98. The van der Waals surface area contributed by atoms with Gasteiger partial charge in [0.1, 0.15) is 0 Å². The van der Waals surface area contributed by atoms with Crippen LogP contribution in [0.1, 0.15) is 24.5 Å². The van der Waals surface area contributed by atoms with Crippen LogP contribution in [0.3, 0.4) is 0 Å². The highest BCUT2D eigenvalue weighted by Gasteiger charge is 2.24. The van der Waals surface area contributed by atoms with Crippen LogP contribution >= 0.6 is 8.38 Å². The van der Waals surface area contributed by atoms with E-state index >= 15 is 0 Å². The van der Waals surface area contributed by atoms with Crippen LogP contribution in [-0.2, 0) is 9.26 Å². The second kappa shape index (κ2) is 6.27. The van der Waals surface area contributed by atoms with Crippen molar-refractivity contribution in [2.45, 2.75) is 25.0 Å². The Kier molecular flexibility index (Phi) is 4.69. The van der Waals surface area contributed by atoms with Crippen molar-refractivity contribution in [3.63, 3.8) is 0 Å². The Labute approximate surface area is 103 Å². The second-order valence-corrected chi connectivity index (χ2v) is 5.25. The Hall–Kier alpha value is -0.730. The molecule has 0 aliphatic carbocycles. The molecule has 0 spiro atoms. The van der Waals surface area contributed by atoms with Gasteiger partial charge in [0.2, 0.25) is 0 Å². The van der Waals surface area contributed by atoms with Crippen LogP contribution in [0.2, 0.25) is 0 Å². The molecule has 1 aromatic carbocycles. The highest BCUT2D eigenvalue weighted by molar-refractivity contribution is 7.49. The first-order valence-corrected chi connectivity index (χ1v) is 6.98. The van der Waals surface area contributed by atoms with E-state index < -0.39 is 8.38 Å². The minimum Gasteiger partial charge on any atom is -0.366 e. The molecule has 1 heterocycles. The average Bonchev–Trinajstić information content (AvgIpc) is 2.86. The molecule has 0 aromatic heterocycles. The largest absolute Gasteiger partial charge is 0.366 e. The van der Waals surface area contributed by atoms with Crippen LogP contribution in [0.4, 0.5) is 0 Å². The SMILES string of the molecule is COP(O)/C=C/C1CCC(c2ccccc2)O1. The Bertz CT molecular complexity index is 366. The molecule has 2 rings (SSSR count). The summed E-state index contributed by atoms with van der Waals surface area (Å²) in [5.41, 5.74) is 1.22. The highest BCUT2D eigenvalue weighted by atomic mass is 31.2. The van der Waals surface area contributed by atoms with Gasteiger partial charge in [-0.25, -0.2) is 0 Å². The van der Waals surface area contributed by atoms with Crippen LogP contribution in [-0.4, -0.2) is 18.1 Å². The van der Waals surface area contributed by atoms with Crippen molar-refractivity contribution in [1.29, 1.82) is 0 Å². The zero-order valence-corrected chi connectivity index (χ0v) is 10.7. The summed E-state index contributed by atoms with van der Waals surface area (Å²) in [6.45, 7) is 0. The summed E-state index contributed by atoms with van der Waals surface area (Å²) >= 11 is 0. The molecule has 0 bridgehead atoms. The summed E-state index contributed by atoms with van der Waals surface area (Å²) in [7, 11) is 0.0747. The monoisotopic (exact) mass is 252 g/mol. The van der Waals surface area contributed by atoms with Gasteiger partial charge in [0.05, 0.1) is 12.2 Å². The van der Waals surface area contributed by atoms with Crippen molar-refractivity contribution in [2.75, 3.05) is 7.11 Å². The molecule has 1 fully saturated rings. The van der Waals surface area contributed by atoms with E-state index in [1.165, 1.54) is 12.7 Å². The molecule has 3 unspecified atom stereocenters. The molecule has 92 valence electrons. The van der Waals surface area contributed by atoms with Gasteiger partial charge >= 0.3 is 0 Å². The maximum absolute atomic E-state index is 9.30. The minimum absolute atomic E-state index is 0.0903. The summed E-state index contributed by atoms with van der Waals surface area (Å²) in [6.07, 6.45) is 4.18. The van der Waals surface area contributed by atoms with E-state index in [1.807, 2.05) is 24.3 Å². The molecule has 1 saturated heterocycles. The van der Waals surface area contributed by atoms with E-state index in [0.717, 1.165) is 12.8 Å². The summed E-state index contributed by atoms with van der Waals surface area (Å²) in [5, 5.41) is 0. The molecule has 0 saturated carbocycles. The standard InChI is InChI=1S/C13H17O3P/c1-15-17(14)10-9-12-7-8-13(16-12)11-5-3-2-4-6-11/h2-6,9-10,12-14H,7-8H2,1H3/b10-9+. The first kappa shape index (κ1) is 12.7. The van der Waals surface area contributed by atoms with Crippen LogP contribution in [0.25, 0.3) is 0 Å². The van der Waals surface area contributed by atoms with Crippen molar-refractivity contribution >= 4 is 8.38 Å². The lowest BCUT2D eigenvalue weighted by atomic mass is 10.1. The summed E-state index contributed by atoms with van der Waals surface area (Å²) in [5.74, 6) is 1.69. The van der Waals surface area contributed by atoms with E-state index in [4.69, 9.17) is 9.26 Å². The van der Waals surface area contributed by atoms with Crippen LogP contribution in [0.15, 0.2) is 42.2 Å². The predicted molar refractivity (Wildman–Crippen MR) is 68.6 cm³/mol. The van der Waals surface area contributed by atoms with E-state index in [0.29, 0.717) is 0 Å². The first-order valence-electron chi connectivity index (χ1n) is 5.70. The van der Waals surface area contributed by atoms with Gasteiger partial charge in [0.15, 0.2) is 8.38 Å². The molecule has 0 radical (unpaired) electrons. The Balaban J connectivity index is 1.90. The fourth-order valence-electron chi connectivity index (χ4n) is 1.95. The fraction of sp³-hybridized carbons (Fsp3) is 0.385. The van der Waals surface area contributed by atoms with Gasteiger partial charge in [-0.3, -0.25) is 0 Å². The van der Waals surface area contributed by atoms with Crippen LogP contribution in [0, 0.1) is 0 Å². The average molecular weight is 252 g/mol. The van der Waals surface area contributed by atoms with Crippen molar-refractivity contribution < 1.29 is 14.2 Å². The van der Waals surface area contributed by atoms with Crippen LogP contribution < -0.4 is 0 Å². The zero-order chi connectivity index (χ0) is 12.1. The van der Waals surface area contributed by atoms with E-state index in [2.05, 4.69) is 12.1 Å². The number of benzene rings is 1. The maximum Gasteiger partial charge on any atom is 0.194 e. The molecule has 1 aliphatic heterocycles. The maximum atomic E-state index is 9.30. The lowest BCUT2D eigenvalue weighted by molar-refractivity contribution is 0.0711. The molecule has 3 nitrogen and oxygen atoms in total. The predicted octanol–water partition coefficient (Wildman–Crippen LogP) is 3.37. The van der Waals surface area contributed by atoms with E-state index in [-0.39, 0.29) is 12.2 Å². The molecule has 0 amide bonds. The number of rotatable bonds is 4. The lowest BCUT2D eigenvalue weighted by Gasteiger charge is -2.11. The van der Waals surface area contributed by atoms with Gasteiger partial charge in [0, 0.05) is 7.11 Å². The zero-order valence-electron chi connectivity index (χ0n) is 9.82. The Morgan fingerprint density at radius 2 is 2.12 bits per heavy atom. The van der Waals surface area contributed by atoms with Crippen LogP contribution in [0.5, 0.6) is 0 Å². The smallest absolute Gasteiger partial charge is 0.194 e. The van der Waals surface area contributed by atoms with Gasteiger partial charge in [-0.15, -0.1) is 0 Å². The quantitative estimate of drug-likeness (QED) is 0.835. The lowest BCUT2D eigenvalue weighted by Crippen LogP contribution is -2.02. The molecular formula is C13H17O3P. The van der Waals surface area contributed by atoms with Gasteiger partial charge in [-0.1, -0.05) is 36.4 Å². The van der Waals surface area contributed by atoms with Crippen molar-refractivity contribution in [1.82, 2.24) is 0 Å². The van der Waals surface area contributed by atoms with Crippen molar-refractivity contribution in [3.05, 3.63) is 47.8 Å². The first-order chi connectivity index (χ1) is 8.29. The van der Waals surface area contributed by atoms with E-state index in [9.17, 15) is 4.89 Å². The van der Waals surface area contributed by atoms with Gasteiger partial charge in [0.25, 0.3) is 0 Å². The number of ether oxygens (including phenoxy) is 1. The molecular weight excluding hydrogens is 235 g/mol. The molecule has 1 aromatic rings. The normalized spacial score (nSPS) is 26.5. The van der Waals surface area contributed by atoms with Gasteiger partial charge < -0.3 is 14.2 Å². The Morgan fingerprint density at radius 1 is 1.35 bits per heavy atom. The van der Waals surface area contributed by atoms with Crippen molar-refractivity contribution in [2.24, 2.45) is 0 Å². The van der Waals surface area contributed by atoms with Gasteiger partial charge in [-0.05, 0) is 24.2 Å². The molecule has 4 heteroatoms. The third-order valence-corrected chi connectivity index (χ3v) is 3.64. The molecule has 1 N–H and O–H groups in total. The van der Waals surface area contributed by atoms with Gasteiger partial charge in [-0.2, -0.15) is 0 Å². The summed E-state index contributed by atoms with van der Waals surface area (Å²) in [4.78, 5) is 9.30. The third kappa shape index (κ3) is 3.62. The highest BCUT2D eigenvalue weighted by Crippen LogP contribution is 2.36. The van der Waals surface area contributed by atoms with Crippen molar-refractivity contribution in [3.8, 4) is 0 Å².